The van der Waals surface area contributed by atoms with Crippen molar-refractivity contribution in [1.29, 1.82) is 5.26 Å². The fraction of sp³-hybridized carbons (Fsp3) is 0.100. The molecule has 2 rings (SSSR count). The van der Waals surface area contributed by atoms with Gasteiger partial charge in [0.05, 0.1) is 5.56 Å². The molecule has 0 bridgehead atoms. The van der Waals surface area contributed by atoms with Crippen molar-refractivity contribution in [3.8, 4) is 6.07 Å². The Labute approximate surface area is 92.9 Å². The molecule has 0 aliphatic heterocycles. The van der Waals surface area contributed by atoms with Gasteiger partial charge in [0.25, 0.3) is 0 Å². The maximum Gasteiger partial charge on any atom is 0.133 e. The molecule has 0 unspecified atom stereocenters. The summed E-state index contributed by atoms with van der Waals surface area (Å²) in [4.78, 5) is 0.882. The first-order chi connectivity index (χ1) is 6.77. The van der Waals surface area contributed by atoms with E-state index in [0.29, 0.717) is 16.3 Å². The van der Waals surface area contributed by atoms with Crippen LogP contribution < -0.4 is 0 Å². The second-order valence-electron chi connectivity index (χ2n) is 2.76. The minimum Gasteiger partial charge on any atom is -0.206 e. The molecule has 4 heteroatoms. The second-order valence-corrected chi connectivity index (χ2v) is 4.46. The van der Waals surface area contributed by atoms with Gasteiger partial charge in [-0.2, -0.15) is 5.26 Å². The number of thiophene rings is 1. The van der Waals surface area contributed by atoms with Gasteiger partial charge in [-0.25, -0.2) is 4.39 Å². The van der Waals surface area contributed by atoms with E-state index in [1.165, 1.54) is 17.4 Å². The number of hydrogen-bond donors (Lipinski definition) is 0. The van der Waals surface area contributed by atoms with E-state index in [9.17, 15) is 4.39 Å². The number of rotatable bonds is 1. The van der Waals surface area contributed by atoms with Gasteiger partial charge in [-0.3, -0.25) is 0 Å². The number of halogens is 2. The molecule has 1 heterocycles. The van der Waals surface area contributed by atoms with Gasteiger partial charge in [-0.15, -0.1) is 11.3 Å². The monoisotopic (exact) mass is 269 g/mol. The Morgan fingerprint density at radius 2 is 2.29 bits per heavy atom. The maximum atomic E-state index is 13.4. The number of nitriles is 1. The maximum absolute atomic E-state index is 13.4. The molecule has 0 amide bonds. The van der Waals surface area contributed by atoms with Crippen LogP contribution in [0.5, 0.6) is 0 Å². The third-order valence-electron chi connectivity index (χ3n) is 1.97. The lowest BCUT2D eigenvalue weighted by Crippen LogP contribution is -1.80. The molecule has 0 saturated heterocycles. The average Bonchev–Trinajstić information content (AvgIpc) is 2.56. The van der Waals surface area contributed by atoms with Crippen LogP contribution in [-0.2, 0) is 5.33 Å². The summed E-state index contributed by atoms with van der Waals surface area (Å²) in [5, 5.41) is 9.98. The standard InChI is InChI=1S/C10H5BrFNS/c11-4-9-6(5-13)10-7(12)2-1-3-8(10)14-9/h1-3H,4H2. The van der Waals surface area contributed by atoms with Crippen molar-refractivity contribution in [2.75, 3.05) is 0 Å². The molecule has 1 aromatic carbocycles. The first kappa shape index (κ1) is 9.63. The lowest BCUT2D eigenvalue weighted by atomic mass is 10.1. The molecule has 0 aliphatic carbocycles. The molecule has 0 atom stereocenters. The molecule has 0 aliphatic rings. The van der Waals surface area contributed by atoms with E-state index in [1.807, 2.05) is 6.07 Å². The van der Waals surface area contributed by atoms with Gasteiger partial charge >= 0.3 is 0 Å². The third-order valence-corrected chi connectivity index (χ3v) is 4.06. The Bertz CT molecular complexity index is 527. The van der Waals surface area contributed by atoms with Gasteiger partial charge in [-0.1, -0.05) is 22.0 Å². The minimum atomic E-state index is -0.317. The topological polar surface area (TPSA) is 23.8 Å². The van der Waals surface area contributed by atoms with Crippen LogP contribution in [0.3, 0.4) is 0 Å². The molecular formula is C10H5BrFNS. The lowest BCUT2D eigenvalue weighted by Gasteiger charge is -1.91. The quantitative estimate of drug-likeness (QED) is 0.723. The van der Waals surface area contributed by atoms with Crippen LogP contribution in [0, 0.1) is 17.1 Å². The van der Waals surface area contributed by atoms with E-state index < -0.39 is 0 Å². The molecule has 0 saturated carbocycles. The number of fused-ring (bicyclic) bond motifs is 1. The normalized spacial score (nSPS) is 10.4. The van der Waals surface area contributed by atoms with E-state index in [4.69, 9.17) is 5.26 Å². The smallest absolute Gasteiger partial charge is 0.133 e. The van der Waals surface area contributed by atoms with Crippen LogP contribution in [-0.4, -0.2) is 0 Å². The minimum absolute atomic E-state index is 0.317. The van der Waals surface area contributed by atoms with Crippen molar-refractivity contribution in [2.24, 2.45) is 0 Å². The highest BCUT2D eigenvalue weighted by Crippen LogP contribution is 2.33. The molecule has 2 aromatic rings. The molecule has 1 nitrogen and oxygen atoms in total. The van der Waals surface area contributed by atoms with Gasteiger partial charge in [-0.05, 0) is 12.1 Å². The SMILES string of the molecule is N#Cc1c(CBr)sc2cccc(F)c12. The zero-order valence-corrected chi connectivity index (χ0v) is 9.45. The third kappa shape index (κ3) is 1.33. The zero-order valence-electron chi connectivity index (χ0n) is 7.05. The highest BCUT2D eigenvalue weighted by atomic mass is 79.9. The first-order valence-corrected chi connectivity index (χ1v) is 5.87. The molecular weight excluding hydrogens is 265 g/mol. The summed E-state index contributed by atoms with van der Waals surface area (Å²) in [7, 11) is 0. The van der Waals surface area contributed by atoms with Crippen molar-refractivity contribution < 1.29 is 4.39 Å². The van der Waals surface area contributed by atoms with Gasteiger partial charge in [0.2, 0.25) is 0 Å². The fourth-order valence-electron chi connectivity index (χ4n) is 1.37. The van der Waals surface area contributed by atoms with E-state index >= 15 is 0 Å². The van der Waals surface area contributed by atoms with Gasteiger partial charge in [0.1, 0.15) is 11.9 Å². The Morgan fingerprint density at radius 1 is 1.50 bits per heavy atom. The molecule has 0 radical (unpaired) electrons. The fourth-order valence-corrected chi connectivity index (χ4v) is 3.01. The predicted molar refractivity (Wildman–Crippen MR) is 59.1 cm³/mol. The van der Waals surface area contributed by atoms with Crippen LogP contribution in [0.1, 0.15) is 10.4 Å². The second kappa shape index (κ2) is 3.68. The average molecular weight is 270 g/mol. The summed E-state index contributed by atoms with van der Waals surface area (Å²) in [6.07, 6.45) is 0. The Morgan fingerprint density at radius 3 is 2.93 bits per heavy atom. The molecule has 14 heavy (non-hydrogen) atoms. The van der Waals surface area contributed by atoms with E-state index in [0.717, 1.165) is 9.58 Å². The molecule has 0 fully saturated rings. The first-order valence-electron chi connectivity index (χ1n) is 3.94. The van der Waals surface area contributed by atoms with Crippen LogP contribution in [0.25, 0.3) is 10.1 Å². The van der Waals surface area contributed by atoms with Crippen LogP contribution in [0.15, 0.2) is 18.2 Å². The van der Waals surface area contributed by atoms with Gasteiger partial charge in [0, 0.05) is 20.3 Å². The lowest BCUT2D eigenvalue weighted by molar-refractivity contribution is 0.640. The Balaban J connectivity index is 2.90. The number of nitrogens with zero attached hydrogens (tertiary/aromatic N) is 1. The predicted octanol–water partition coefficient (Wildman–Crippen LogP) is 3.81. The molecule has 70 valence electrons. The summed E-state index contributed by atoms with van der Waals surface area (Å²) in [5.74, 6) is -0.317. The summed E-state index contributed by atoms with van der Waals surface area (Å²) in [5.41, 5.74) is 0.458. The summed E-state index contributed by atoms with van der Waals surface area (Å²) in [6, 6.07) is 6.92. The van der Waals surface area contributed by atoms with Crippen LogP contribution in [0.2, 0.25) is 0 Å². The van der Waals surface area contributed by atoms with Crippen molar-refractivity contribution >= 4 is 37.4 Å². The van der Waals surface area contributed by atoms with Gasteiger partial charge in [0.15, 0.2) is 0 Å². The number of alkyl halides is 1. The zero-order chi connectivity index (χ0) is 10.1. The van der Waals surface area contributed by atoms with E-state index in [2.05, 4.69) is 22.0 Å². The van der Waals surface area contributed by atoms with Crippen molar-refractivity contribution in [2.45, 2.75) is 5.33 Å². The van der Waals surface area contributed by atoms with E-state index in [1.54, 1.807) is 6.07 Å². The number of benzene rings is 1. The summed E-state index contributed by atoms with van der Waals surface area (Å²) in [6.45, 7) is 0. The van der Waals surface area contributed by atoms with Gasteiger partial charge < -0.3 is 0 Å². The largest absolute Gasteiger partial charge is 0.206 e. The summed E-state index contributed by atoms with van der Waals surface area (Å²) >= 11 is 4.74. The molecule has 0 spiro atoms. The van der Waals surface area contributed by atoms with Crippen molar-refractivity contribution in [3.05, 3.63) is 34.5 Å². The molecule has 1 aromatic heterocycles. The molecule has 0 N–H and O–H groups in total. The van der Waals surface area contributed by atoms with Crippen molar-refractivity contribution in [3.63, 3.8) is 0 Å². The Hall–Kier alpha value is -0.920. The van der Waals surface area contributed by atoms with Crippen molar-refractivity contribution in [1.82, 2.24) is 0 Å². The Kier molecular flexibility index (Phi) is 2.53. The number of hydrogen-bond acceptors (Lipinski definition) is 2. The van der Waals surface area contributed by atoms with E-state index in [-0.39, 0.29) is 5.82 Å². The van der Waals surface area contributed by atoms with Crippen LogP contribution >= 0.6 is 27.3 Å². The highest BCUT2D eigenvalue weighted by Gasteiger charge is 2.13. The highest BCUT2D eigenvalue weighted by molar-refractivity contribution is 9.08. The van der Waals surface area contributed by atoms with Crippen LogP contribution in [0.4, 0.5) is 4.39 Å². The summed E-state index contributed by atoms with van der Waals surface area (Å²) < 4.78 is 14.3.